The zero-order chi connectivity index (χ0) is 28.3. The number of ether oxygens (including phenoxy) is 1. The molecular formula is C31H39ClN2O5S. The second-order valence-corrected chi connectivity index (χ2v) is 13.7. The predicted octanol–water partition coefficient (Wildman–Crippen LogP) is 5.64. The summed E-state index contributed by atoms with van der Waals surface area (Å²) < 4.78 is 34.9. The molecule has 0 unspecified atom stereocenters. The lowest BCUT2D eigenvalue weighted by atomic mass is 9.69. The van der Waals surface area contributed by atoms with Crippen molar-refractivity contribution >= 4 is 33.2 Å². The van der Waals surface area contributed by atoms with E-state index in [-0.39, 0.29) is 11.5 Å². The molecule has 7 nitrogen and oxygen atoms in total. The minimum absolute atomic E-state index is 0.184. The first-order valence-electron chi connectivity index (χ1n) is 14.4. The Hall–Kier alpha value is -2.55. The molecule has 0 aromatic heterocycles. The second-order valence-electron chi connectivity index (χ2n) is 11.3. The summed E-state index contributed by atoms with van der Waals surface area (Å²) in [6.45, 7) is 3.66. The summed E-state index contributed by atoms with van der Waals surface area (Å²) in [4.78, 5) is 15.5. The Morgan fingerprint density at radius 2 is 1.90 bits per heavy atom. The molecule has 1 amide bonds. The maximum atomic E-state index is 13.3. The number of aryl methyl sites for hydroxylation is 1. The molecule has 2 heterocycles. The van der Waals surface area contributed by atoms with Gasteiger partial charge in [0.2, 0.25) is 10.0 Å². The monoisotopic (exact) mass is 586 g/mol. The van der Waals surface area contributed by atoms with Gasteiger partial charge < -0.3 is 14.7 Å². The largest absolute Gasteiger partial charge is 0.487 e. The molecule has 3 aliphatic rings. The van der Waals surface area contributed by atoms with E-state index in [0.29, 0.717) is 42.6 Å². The summed E-state index contributed by atoms with van der Waals surface area (Å²) in [5.74, 6) is 0.521. The zero-order valence-corrected chi connectivity index (χ0v) is 24.6. The van der Waals surface area contributed by atoms with Gasteiger partial charge in [0, 0.05) is 23.7 Å². The first kappa shape index (κ1) is 29.0. The minimum Gasteiger partial charge on any atom is -0.487 e. The summed E-state index contributed by atoms with van der Waals surface area (Å²) in [7, 11) is -3.89. The Kier molecular flexibility index (Phi) is 9.08. The van der Waals surface area contributed by atoms with Crippen LogP contribution in [0.1, 0.15) is 73.4 Å². The number of benzene rings is 2. The summed E-state index contributed by atoms with van der Waals surface area (Å²) in [6.07, 6.45) is 9.20. The van der Waals surface area contributed by atoms with Gasteiger partial charge in [-0.1, -0.05) is 36.7 Å². The Labute approximate surface area is 242 Å². The van der Waals surface area contributed by atoms with Crippen molar-refractivity contribution in [3.63, 3.8) is 0 Å². The molecule has 1 saturated carbocycles. The molecule has 4 atom stereocenters. The second kappa shape index (κ2) is 12.5. The highest BCUT2D eigenvalue weighted by Crippen LogP contribution is 2.41. The van der Waals surface area contributed by atoms with Crippen molar-refractivity contribution in [3.05, 3.63) is 70.3 Å². The summed E-state index contributed by atoms with van der Waals surface area (Å²) in [5, 5.41) is 11.0. The molecule has 2 bridgehead atoms. The first-order valence-corrected chi connectivity index (χ1v) is 16.4. The topological polar surface area (TPSA) is 95.9 Å². The number of carbonyl (C=O) groups is 1. The molecule has 40 heavy (non-hydrogen) atoms. The number of carbonyl (C=O) groups excluding carboxylic acids is 1. The van der Waals surface area contributed by atoms with Crippen LogP contribution in [-0.4, -0.2) is 43.9 Å². The normalized spacial score (nSPS) is 28.0. The quantitative estimate of drug-likeness (QED) is 0.420. The predicted molar refractivity (Wildman–Crippen MR) is 158 cm³/mol. The van der Waals surface area contributed by atoms with Gasteiger partial charge >= 0.3 is 0 Å². The lowest BCUT2D eigenvalue weighted by molar-refractivity contribution is 0.0180. The van der Waals surface area contributed by atoms with Crippen molar-refractivity contribution in [2.24, 2.45) is 11.8 Å². The molecule has 1 aliphatic carbocycles. The van der Waals surface area contributed by atoms with Crippen molar-refractivity contribution in [2.75, 3.05) is 18.0 Å². The van der Waals surface area contributed by atoms with Crippen LogP contribution in [0.3, 0.4) is 0 Å². The lowest BCUT2D eigenvalue weighted by Crippen LogP contribution is -2.43. The molecule has 2 aromatic carbocycles. The van der Waals surface area contributed by atoms with Crippen LogP contribution in [0.4, 0.5) is 5.69 Å². The number of nitrogens with zero attached hydrogens (tertiary/aromatic N) is 1. The highest BCUT2D eigenvalue weighted by Gasteiger charge is 2.37. The van der Waals surface area contributed by atoms with Gasteiger partial charge in [-0.15, -0.1) is 0 Å². The molecule has 5 rings (SSSR count). The third-order valence-corrected chi connectivity index (χ3v) is 10.8. The summed E-state index contributed by atoms with van der Waals surface area (Å²) >= 11 is 6.29. The molecule has 216 valence electrons. The van der Waals surface area contributed by atoms with Crippen LogP contribution in [0.5, 0.6) is 5.75 Å². The van der Waals surface area contributed by atoms with Gasteiger partial charge in [-0.05, 0) is 105 Å². The van der Waals surface area contributed by atoms with Gasteiger partial charge in [0.1, 0.15) is 12.4 Å². The van der Waals surface area contributed by atoms with Crippen molar-refractivity contribution < 1.29 is 23.1 Å². The van der Waals surface area contributed by atoms with Crippen molar-refractivity contribution in [3.8, 4) is 5.75 Å². The van der Waals surface area contributed by atoms with Gasteiger partial charge in [-0.3, -0.25) is 4.79 Å². The molecule has 0 saturated heterocycles. The van der Waals surface area contributed by atoms with E-state index in [1.165, 1.54) is 5.56 Å². The maximum Gasteiger partial charge on any atom is 0.264 e. The van der Waals surface area contributed by atoms with E-state index in [1.807, 2.05) is 30.4 Å². The van der Waals surface area contributed by atoms with E-state index in [2.05, 4.69) is 9.62 Å². The minimum atomic E-state index is -3.89. The van der Waals surface area contributed by atoms with Crippen LogP contribution in [0, 0.1) is 11.8 Å². The van der Waals surface area contributed by atoms with Crippen LogP contribution in [0.25, 0.3) is 0 Å². The standard InChI is InChI=1S/C31H39ClN2O5S/c1-2-26-8-3-4-9-29(35)27-14-11-23(27)19-34-16-6-5-7-21-17-25(32)13-10-24(21)20-39-30-15-12-22(18-28(30)34)31(36)33-40(26,37)38/h3-4,10,12-13,15,17-18,23,26-27,29,35H,2,5-9,11,14,16,19-20H2,1H3,(H,33,36)/b4-3+/t23-,26+,27+,29-/m0/s1. The van der Waals surface area contributed by atoms with Crippen LogP contribution in [0.15, 0.2) is 48.6 Å². The van der Waals surface area contributed by atoms with E-state index in [1.54, 1.807) is 25.1 Å². The van der Waals surface area contributed by atoms with Gasteiger partial charge in [-0.25, -0.2) is 13.1 Å². The zero-order valence-electron chi connectivity index (χ0n) is 23.0. The van der Waals surface area contributed by atoms with Crippen LogP contribution < -0.4 is 14.4 Å². The summed E-state index contributed by atoms with van der Waals surface area (Å²) in [6, 6.07) is 11.0. The molecule has 0 radical (unpaired) electrons. The number of amides is 1. The number of hydrogen-bond donors (Lipinski definition) is 2. The highest BCUT2D eigenvalue weighted by molar-refractivity contribution is 7.90. The van der Waals surface area contributed by atoms with Gasteiger partial charge in [0.25, 0.3) is 5.91 Å². The third-order valence-electron chi connectivity index (χ3n) is 8.74. The average molecular weight is 587 g/mol. The number of aliphatic hydroxyl groups is 1. The smallest absolute Gasteiger partial charge is 0.264 e. The number of halogens is 1. The Morgan fingerprint density at radius 1 is 1.07 bits per heavy atom. The molecule has 9 heteroatoms. The van der Waals surface area contributed by atoms with E-state index in [0.717, 1.165) is 56.4 Å². The third kappa shape index (κ3) is 6.50. The lowest BCUT2D eigenvalue weighted by Gasteiger charge is -2.43. The molecule has 2 aromatic rings. The number of rotatable bonds is 1. The fraction of sp³-hybridized carbons (Fsp3) is 0.516. The van der Waals surface area contributed by atoms with E-state index in [4.69, 9.17) is 16.3 Å². The number of anilines is 1. The van der Waals surface area contributed by atoms with Gasteiger partial charge in [0.15, 0.2) is 0 Å². The fourth-order valence-electron chi connectivity index (χ4n) is 6.13. The number of aliphatic hydroxyl groups excluding tert-OH is 1. The van der Waals surface area contributed by atoms with Crippen molar-refractivity contribution in [1.29, 1.82) is 0 Å². The van der Waals surface area contributed by atoms with E-state index < -0.39 is 27.3 Å². The molecule has 2 aliphatic heterocycles. The average Bonchev–Trinajstić information content (AvgIpc) is 2.93. The number of sulfonamides is 1. The van der Waals surface area contributed by atoms with Crippen molar-refractivity contribution in [1.82, 2.24) is 4.72 Å². The number of nitrogens with one attached hydrogen (secondary N) is 1. The number of allylic oxidation sites excluding steroid dienone is 1. The van der Waals surface area contributed by atoms with Gasteiger partial charge in [-0.2, -0.15) is 0 Å². The van der Waals surface area contributed by atoms with E-state index in [9.17, 15) is 18.3 Å². The first-order chi connectivity index (χ1) is 19.2. The van der Waals surface area contributed by atoms with Crippen LogP contribution in [0.2, 0.25) is 5.02 Å². The molecular weight excluding hydrogens is 548 g/mol. The number of fused-ring (bicyclic) bond motifs is 3. The number of hydrogen-bond acceptors (Lipinski definition) is 6. The molecule has 2 N–H and O–H groups in total. The molecule has 1 fully saturated rings. The Morgan fingerprint density at radius 3 is 2.67 bits per heavy atom. The van der Waals surface area contributed by atoms with Gasteiger partial charge in [0.05, 0.1) is 17.0 Å². The Bertz CT molecular complexity index is 1360. The Balaban J connectivity index is 1.53. The highest BCUT2D eigenvalue weighted by atomic mass is 35.5. The summed E-state index contributed by atoms with van der Waals surface area (Å²) in [5.41, 5.74) is 3.31. The SMILES string of the molecule is CC[C@@H]1C/C=C/C[C@H](O)[C@@H]2CC[C@H]2CN2CCCCc3cc(Cl)ccc3COc3ccc(cc32)C(=O)NS1(=O)=O. The molecule has 0 spiro atoms. The van der Waals surface area contributed by atoms with Crippen LogP contribution >= 0.6 is 11.6 Å². The van der Waals surface area contributed by atoms with E-state index >= 15 is 0 Å². The van der Waals surface area contributed by atoms with Crippen molar-refractivity contribution in [2.45, 2.75) is 76.3 Å². The fourth-order valence-corrected chi connectivity index (χ4v) is 7.67. The maximum absolute atomic E-state index is 13.3. The van der Waals surface area contributed by atoms with Crippen LogP contribution in [-0.2, 0) is 23.1 Å².